The number of fused-ring (bicyclic) bond motifs is 2. The van der Waals surface area contributed by atoms with E-state index in [0.717, 1.165) is 53.4 Å². The van der Waals surface area contributed by atoms with E-state index in [1.165, 1.54) is 12.1 Å². The number of aromatic nitrogens is 3. The first-order valence-corrected chi connectivity index (χ1v) is 15.3. The van der Waals surface area contributed by atoms with Crippen molar-refractivity contribution >= 4 is 33.9 Å². The Balaban J connectivity index is 1.17. The molecule has 0 spiro atoms. The first kappa shape index (κ1) is 30.8. The molecule has 0 saturated heterocycles. The Bertz CT molecular complexity index is 1990. The van der Waals surface area contributed by atoms with Gasteiger partial charge < -0.3 is 29.1 Å². The molecule has 6 rings (SSSR count). The number of amides is 1. The van der Waals surface area contributed by atoms with Crippen LogP contribution in [0.25, 0.3) is 27.7 Å². The summed E-state index contributed by atoms with van der Waals surface area (Å²) in [5, 5.41) is 16.1. The number of aryl methyl sites for hydroxylation is 1. The molecule has 1 aliphatic carbocycles. The number of nitrogens with one attached hydrogen (secondary N) is 2. The van der Waals surface area contributed by atoms with Gasteiger partial charge in [-0.2, -0.15) is 5.26 Å². The fourth-order valence-corrected chi connectivity index (χ4v) is 6.20. The number of ether oxygens (including phenoxy) is 2. The topological polar surface area (TPSA) is 123 Å². The van der Waals surface area contributed by atoms with E-state index in [9.17, 15) is 14.9 Å². The summed E-state index contributed by atoms with van der Waals surface area (Å²) < 4.78 is 14.9. The van der Waals surface area contributed by atoms with Gasteiger partial charge in [-0.25, -0.2) is 4.98 Å². The molecule has 46 heavy (non-hydrogen) atoms. The zero-order chi connectivity index (χ0) is 32.2. The number of carbonyl (C=O) groups excluding carboxylic acids is 2. The monoisotopic (exact) mass is 616 g/mol. The zero-order valence-electron chi connectivity index (χ0n) is 26.1. The summed E-state index contributed by atoms with van der Waals surface area (Å²) in [6.07, 6.45) is 11.3. The Morgan fingerprint density at radius 1 is 1.04 bits per heavy atom. The van der Waals surface area contributed by atoms with Crippen molar-refractivity contribution in [2.75, 3.05) is 26.1 Å². The van der Waals surface area contributed by atoms with Gasteiger partial charge in [-0.3, -0.25) is 9.59 Å². The van der Waals surface area contributed by atoms with Crippen LogP contribution < -0.4 is 15.4 Å². The molecule has 0 atom stereocenters. The number of hydrogen-bond donors (Lipinski definition) is 2. The van der Waals surface area contributed by atoms with Gasteiger partial charge in [0.1, 0.15) is 11.8 Å². The highest BCUT2D eigenvalue weighted by Gasteiger charge is 2.21. The van der Waals surface area contributed by atoms with Crippen LogP contribution in [0.3, 0.4) is 0 Å². The summed E-state index contributed by atoms with van der Waals surface area (Å²) in [4.78, 5) is 30.8. The summed E-state index contributed by atoms with van der Waals surface area (Å²) in [6.45, 7) is 0.575. The van der Waals surface area contributed by atoms with Crippen LogP contribution in [0.5, 0.6) is 5.75 Å². The molecule has 5 aromatic rings. The van der Waals surface area contributed by atoms with Gasteiger partial charge >= 0.3 is 0 Å². The lowest BCUT2D eigenvalue weighted by Crippen LogP contribution is -2.35. The average Bonchev–Trinajstić information content (AvgIpc) is 3.69. The van der Waals surface area contributed by atoms with Crippen molar-refractivity contribution in [3.05, 3.63) is 96.1 Å². The lowest BCUT2D eigenvalue weighted by Gasteiger charge is -2.27. The number of rotatable bonds is 10. The fraction of sp³-hybridized carbons (Fsp3) is 0.278. The standard InChI is InChI=1S/C36H36N6O4/c1-41-22-39-30-19-28(34(46-3)20-33(30)41)27-6-5-17-42-31(27)14-15-32(42)36(44)23-8-13-29(24(18-23)21-37)40-35(43)7-4-16-38-25-9-11-26(45-2)12-10-25/h4-8,13-15,17-20,22,25-26,38H,9-12,16H2,1-3H3,(H,40,43)/b7-4+/t25-,26-. The molecule has 10 nitrogen and oxygen atoms in total. The van der Waals surface area contributed by atoms with Crippen LogP contribution in [0.1, 0.15) is 47.3 Å². The highest BCUT2D eigenvalue weighted by atomic mass is 16.5. The highest BCUT2D eigenvalue weighted by Crippen LogP contribution is 2.37. The van der Waals surface area contributed by atoms with Crippen LogP contribution in [-0.4, -0.2) is 58.6 Å². The summed E-state index contributed by atoms with van der Waals surface area (Å²) >= 11 is 0. The Kier molecular flexibility index (Phi) is 8.97. The van der Waals surface area contributed by atoms with E-state index >= 15 is 0 Å². The van der Waals surface area contributed by atoms with E-state index < -0.39 is 0 Å². The van der Waals surface area contributed by atoms with Gasteiger partial charge in [-0.15, -0.1) is 0 Å². The van der Waals surface area contributed by atoms with Crippen molar-refractivity contribution in [3.8, 4) is 22.9 Å². The van der Waals surface area contributed by atoms with Gasteiger partial charge in [0.2, 0.25) is 11.7 Å². The van der Waals surface area contributed by atoms with Gasteiger partial charge in [0.05, 0.1) is 53.0 Å². The van der Waals surface area contributed by atoms with Crippen LogP contribution in [0.2, 0.25) is 0 Å². The molecule has 1 saturated carbocycles. The van der Waals surface area contributed by atoms with E-state index in [1.54, 1.807) is 44.8 Å². The van der Waals surface area contributed by atoms with E-state index in [1.807, 2.05) is 52.5 Å². The Morgan fingerprint density at radius 2 is 1.87 bits per heavy atom. The Hall–Kier alpha value is -5.24. The molecule has 0 bridgehead atoms. The molecule has 2 aromatic carbocycles. The smallest absolute Gasteiger partial charge is 0.248 e. The minimum Gasteiger partial charge on any atom is -0.496 e. The first-order chi connectivity index (χ1) is 22.4. The Labute approximate surface area is 267 Å². The van der Waals surface area contributed by atoms with Crippen molar-refractivity contribution in [2.24, 2.45) is 7.05 Å². The second kappa shape index (κ2) is 13.4. The lowest BCUT2D eigenvalue weighted by molar-refractivity contribution is -0.111. The predicted molar refractivity (Wildman–Crippen MR) is 177 cm³/mol. The number of methoxy groups -OCH3 is 2. The number of pyridine rings is 1. The number of carbonyl (C=O) groups is 2. The van der Waals surface area contributed by atoms with Crippen LogP contribution in [0.4, 0.5) is 5.69 Å². The molecular weight excluding hydrogens is 580 g/mol. The van der Waals surface area contributed by atoms with Crippen molar-refractivity contribution in [1.82, 2.24) is 19.3 Å². The maximum Gasteiger partial charge on any atom is 0.248 e. The molecule has 3 aromatic heterocycles. The van der Waals surface area contributed by atoms with Gasteiger partial charge in [-0.1, -0.05) is 12.1 Å². The van der Waals surface area contributed by atoms with Gasteiger partial charge in [0, 0.05) is 61.8 Å². The third-order valence-electron chi connectivity index (χ3n) is 8.72. The minimum atomic E-state index is -0.343. The van der Waals surface area contributed by atoms with E-state index in [0.29, 0.717) is 41.4 Å². The molecular formula is C36H36N6O4. The van der Waals surface area contributed by atoms with E-state index in [-0.39, 0.29) is 17.3 Å². The molecule has 234 valence electrons. The third kappa shape index (κ3) is 6.15. The van der Waals surface area contributed by atoms with Crippen molar-refractivity contribution < 1.29 is 19.1 Å². The highest BCUT2D eigenvalue weighted by molar-refractivity contribution is 6.10. The summed E-state index contributed by atoms with van der Waals surface area (Å²) in [7, 11) is 5.33. The SMILES string of the molecule is COc1cc2c(cc1-c1cccn3c(C(=O)c4ccc(NC(=O)/C=C/CN[C@H]5CC[C@H](OC)CC5)c(C#N)c4)ccc13)ncn2C. The summed E-state index contributed by atoms with van der Waals surface area (Å²) in [5.41, 5.74) is 5.72. The molecule has 2 N–H and O–H groups in total. The summed E-state index contributed by atoms with van der Waals surface area (Å²) in [6, 6.07) is 18.8. The van der Waals surface area contributed by atoms with Crippen molar-refractivity contribution in [2.45, 2.75) is 37.8 Å². The molecule has 3 heterocycles. The lowest BCUT2D eigenvalue weighted by atomic mass is 9.93. The predicted octanol–water partition coefficient (Wildman–Crippen LogP) is 5.65. The van der Waals surface area contributed by atoms with Gasteiger partial charge in [-0.05, 0) is 68.1 Å². The number of imidazole rings is 1. The number of nitrogens with zero attached hydrogens (tertiary/aromatic N) is 4. The average molecular weight is 617 g/mol. The second-order valence-electron chi connectivity index (χ2n) is 11.5. The number of ketones is 1. The molecule has 1 fully saturated rings. The number of nitriles is 1. The zero-order valence-corrected chi connectivity index (χ0v) is 26.1. The van der Waals surface area contributed by atoms with E-state index in [2.05, 4.69) is 21.7 Å². The first-order valence-electron chi connectivity index (χ1n) is 15.3. The molecule has 1 aliphatic rings. The minimum absolute atomic E-state index is 0.204. The van der Waals surface area contributed by atoms with Crippen LogP contribution in [0, 0.1) is 11.3 Å². The number of anilines is 1. The van der Waals surface area contributed by atoms with Gasteiger partial charge in [0.25, 0.3) is 0 Å². The normalized spacial score (nSPS) is 16.6. The second-order valence-corrected chi connectivity index (χ2v) is 11.5. The maximum atomic E-state index is 13.7. The third-order valence-corrected chi connectivity index (χ3v) is 8.72. The summed E-state index contributed by atoms with van der Waals surface area (Å²) in [5.74, 6) is 0.111. The van der Waals surface area contributed by atoms with Crippen LogP contribution in [-0.2, 0) is 16.6 Å². The maximum absolute atomic E-state index is 13.7. The Morgan fingerprint density at radius 3 is 2.63 bits per heavy atom. The fourth-order valence-electron chi connectivity index (χ4n) is 6.20. The van der Waals surface area contributed by atoms with Gasteiger partial charge in [0.15, 0.2) is 0 Å². The quantitative estimate of drug-likeness (QED) is 0.154. The van der Waals surface area contributed by atoms with Crippen molar-refractivity contribution in [3.63, 3.8) is 0 Å². The molecule has 0 radical (unpaired) electrons. The van der Waals surface area contributed by atoms with Crippen LogP contribution in [0.15, 0.2) is 79.3 Å². The molecule has 0 aliphatic heterocycles. The number of hydrogen-bond acceptors (Lipinski definition) is 7. The van der Waals surface area contributed by atoms with Crippen molar-refractivity contribution in [1.29, 1.82) is 5.26 Å². The molecule has 0 unspecified atom stereocenters. The van der Waals surface area contributed by atoms with E-state index in [4.69, 9.17) is 9.47 Å². The number of benzene rings is 2. The van der Waals surface area contributed by atoms with Crippen LogP contribution >= 0.6 is 0 Å². The largest absolute Gasteiger partial charge is 0.496 e. The molecule has 1 amide bonds. The molecule has 10 heteroatoms.